The Kier molecular flexibility index (Phi) is 3.34. The lowest BCUT2D eigenvalue weighted by Crippen LogP contribution is -2.33. The first-order valence-electron chi connectivity index (χ1n) is 5.51. The topological polar surface area (TPSA) is 61.9 Å². The maximum absolute atomic E-state index is 12.1. The minimum atomic E-state index is 0.137. The SMILES string of the molecule is CN(Cc1ncn[nH]1)C(=O)C1CC=CCC1. The number of hydrogen-bond acceptors (Lipinski definition) is 3. The number of aromatic amines is 1. The summed E-state index contributed by atoms with van der Waals surface area (Å²) in [4.78, 5) is 17.8. The van der Waals surface area contributed by atoms with E-state index in [4.69, 9.17) is 0 Å². The number of nitrogens with one attached hydrogen (secondary N) is 1. The molecule has 0 aliphatic heterocycles. The normalized spacial score (nSPS) is 19.7. The van der Waals surface area contributed by atoms with Crippen LogP contribution in [-0.4, -0.2) is 33.0 Å². The van der Waals surface area contributed by atoms with Crippen molar-refractivity contribution >= 4 is 5.91 Å². The third-order valence-electron chi connectivity index (χ3n) is 2.85. The van der Waals surface area contributed by atoms with Crippen LogP contribution in [0.15, 0.2) is 18.5 Å². The summed E-state index contributed by atoms with van der Waals surface area (Å²) >= 11 is 0. The van der Waals surface area contributed by atoms with Gasteiger partial charge in [-0.2, -0.15) is 5.10 Å². The minimum absolute atomic E-state index is 0.137. The summed E-state index contributed by atoms with van der Waals surface area (Å²) in [7, 11) is 1.81. The monoisotopic (exact) mass is 220 g/mol. The number of carbonyl (C=O) groups excluding carboxylic acids is 1. The molecule has 1 heterocycles. The number of aromatic nitrogens is 3. The fourth-order valence-electron chi connectivity index (χ4n) is 1.94. The van der Waals surface area contributed by atoms with E-state index in [1.807, 2.05) is 7.05 Å². The van der Waals surface area contributed by atoms with Crippen molar-refractivity contribution in [3.8, 4) is 0 Å². The van der Waals surface area contributed by atoms with Crippen molar-refractivity contribution in [3.63, 3.8) is 0 Å². The highest BCUT2D eigenvalue weighted by molar-refractivity contribution is 5.78. The van der Waals surface area contributed by atoms with E-state index in [-0.39, 0.29) is 11.8 Å². The zero-order valence-electron chi connectivity index (χ0n) is 9.39. The first-order valence-corrected chi connectivity index (χ1v) is 5.51. The van der Waals surface area contributed by atoms with Crippen LogP contribution in [0.25, 0.3) is 0 Å². The predicted octanol–water partition coefficient (Wildman–Crippen LogP) is 1.12. The standard InChI is InChI=1S/C11H16N4O/c1-15(7-10-12-8-13-14-10)11(16)9-5-3-2-4-6-9/h2-3,8-9H,4-7H2,1H3,(H,12,13,14). The van der Waals surface area contributed by atoms with Gasteiger partial charge in [0.05, 0.1) is 6.54 Å². The molecule has 1 aromatic rings. The number of rotatable bonds is 3. The summed E-state index contributed by atoms with van der Waals surface area (Å²) in [6.07, 6.45) is 8.51. The Labute approximate surface area is 94.6 Å². The molecule has 1 aliphatic rings. The van der Waals surface area contributed by atoms with Gasteiger partial charge in [-0.15, -0.1) is 0 Å². The van der Waals surface area contributed by atoms with Gasteiger partial charge in [-0.25, -0.2) is 4.98 Å². The number of nitrogens with zero attached hydrogens (tertiary/aromatic N) is 3. The Bertz CT molecular complexity index is 371. The lowest BCUT2D eigenvalue weighted by molar-refractivity contribution is -0.135. The number of allylic oxidation sites excluding steroid dienone is 2. The highest BCUT2D eigenvalue weighted by Gasteiger charge is 2.22. The van der Waals surface area contributed by atoms with E-state index in [0.717, 1.165) is 25.1 Å². The Morgan fingerprint density at radius 2 is 2.50 bits per heavy atom. The lowest BCUT2D eigenvalue weighted by atomic mass is 9.93. The van der Waals surface area contributed by atoms with Gasteiger partial charge in [-0.05, 0) is 19.3 Å². The van der Waals surface area contributed by atoms with Crippen molar-refractivity contribution in [3.05, 3.63) is 24.3 Å². The molecule has 16 heavy (non-hydrogen) atoms. The first-order chi connectivity index (χ1) is 7.77. The lowest BCUT2D eigenvalue weighted by Gasteiger charge is -2.23. The van der Waals surface area contributed by atoms with Crippen LogP contribution < -0.4 is 0 Å². The molecule has 1 unspecified atom stereocenters. The summed E-state index contributed by atoms with van der Waals surface area (Å²) in [6, 6.07) is 0. The molecule has 1 N–H and O–H groups in total. The van der Waals surface area contributed by atoms with E-state index in [0.29, 0.717) is 6.54 Å². The molecule has 86 valence electrons. The van der Waals surface area contributed by atoms with Crippen LogP contribution in [0.3, 0.4) is 0 Å². The van der Waals surface area contributed by atoms with Gasteiger partial charge >= 0.3 is 0 Å². The maximum Gasteiger partial charge on any atom is 0.226 e. The zero-order chi connectivity index (χ0) is 11.4. The van der Waals surface area contributed by atoms with Crippen molar-refractivity contribution in [2.24, 2.45) is 5.92 Å². The molecule has 0 fully saturated rings. The number of H-pyrrole nitrogens is 1. The predicted molar refractivity (Wildman–Crippen MR) is 59.3 cm³/mol. The van der Waals surface area contributed by atoms with Crippen LogP contribution in [0.5, 0.6) is 0 Å². The van der Waals surface area contributed by atoms with Crippen LogP contribution >= 0.6 is 0 Å². The van der Waals surface area contributed by atoms with E-state index in [9.17, 15) is 4.79 Å². The van der Waals surface area contributed by atoms with Crippen molar-refractivity contribution in [2.75, 3.05) is 7.05 Å². The third-order valence-corrected chi connectivity index (χ3v) is 2.85. The van der Waals surface area contributed by atoms with Crippen LogP contribution in [-0.2, 0) is 11.3 Å². The van der Waals surface area contributed by atoms with Gasteiger partial charge in [-0.1, -0.05) is 12.2 Å². The molecule has 5 nitrogen and oxygen atoms in total. The molecular weight excluding hydrogens is 204 g/mol. The Morgan fingerprint density at radius 3 is 3.12 bits per heavy atom. The number of hydrogen-bond donors (Lipinski definition) is 1. The van der Waals surface area contributed by atoms with Crippen molar-refractivity contribution in [1.82, 2.24) is 20.1 Å². The van der Waals surface area contributed by atoms with Crippen LogP contribution in [0.4, 0.5) is 0 Å². The largest absolute Gasteiger partial charge is 0.338 e. The van der Waals surface area contributed by atoms with Crippen molar-refractivity contribution in [1.29, 1.82) is 0 Å². The summed E-state index contributed by atoms with van der Waals surface area (Å²) in [6.45, 7) is 0.499. The maximum atomic E-state index is 12.1. The molecule has 0 radical (unpaired) electrons. The number of carbonyl (C=O) groups is 1. The highest BCUT2D eigenvalue weighted by atomic mass is 16.2. The highest BCUT2D eigenvalue weighted by Crippen LogP contribution is 2.20. The van der Waals surface area contributed by atoms with Crippen molar-refractivity contribution in [2.45, 2.75) is 25.8 Å². The Morgan fingerprint density at radius 1 is 1.62 bits per heavy atom. The van der Waals surface area contributed by atoms with Gasteiger partial charge in [0, 0.05) is 13.0 Å². The van der Waals surface area contributed by atoms with Crippen LogP contribution in [0, 0.1) is 5.92 Å². The molecule has 2 rings (SSSR count). The Balaban J connectivity index is 1.91. The Hall–Kier alpha value is -1.65. The summed E-state index contributed by atoms with van der Waals surface area (Å²) in [5.41, 5.74) is 0. The van der Waals surface area contributed by atoms with Gasteiger partial charge in [-0.3, -0.25) is 9.89 Å². The summed E-state index contributed by atoms with van der Waals surface area (Å²) in [5.74, 6) is 1.06. The summed E-state index contributed by atoms with van der Waals surface area (Å²) in [5, 5.41) is 6.52. The molecule has 1 amide bonds. The van der Waals surface area contributed by atoms with Gasteiger partial charge in [0.15, 0.2) is 0 Å². The average molecular weight is 220 g/mol. The smallest absolute Gasteiger partial charge is 0.226 e. The van der Waals surface area contributed by atoms with Gasteiger partial charge < -0.3 is 4.90 Å². The van der Waals surface area contributed by atoms with E-state index in [2.05, 4.69) is 27.3 Å². The second kappa shape index (κ2) is 4.92. The molecule has 0 bridgehead atoms. The van der Waals surface area contributed by atoms with Gasteiger partial charge in [0.2, 0.25) is 5.91 Å². The zero-order valence-corrected chi connectivity index (χ0v) is 9.39. The average Bonchev–Trinajstić information content (AvgIpc) is 2.82. The van der Waals surface area contributed by atoms with Crippen LogP contribution in [0.1, 0.15) is 25.1 Å². The first kappa shape index (κ1) is 10.9. The minimum Gasteiger partial charge on any atom is -0.338 e. The van der Waals surface area contributed by atoms with Crippen LogP contribution in [0.2, 0.25) is 0 Å². The molecule has 0 aromatic carbocycles. The molecule has 1 aliphatic carbocycles. The van der Waals surface area contributed by atoms with Crippen molar-refractivity contribution < 1.29 is 4.79 Å². The third kappa shape index (κ3) is 2.48. The summed E-state index contributed by atoms with van der Waals surface area (Å²) < 4.78 is 0. The molecule has 1 aromatic heterocycles. The van der Waals surface area contributed by atoms with Gasteiger partial charge in [0.25, 0.3) is 0 Å². The second-order valence-electron chi connectivity index (χ2n) is 4.11. The molecule has 0 saturated heterocycles. The molecular formula is C11H16N4O. The second-order valence-corrected chi connectivity index (χ2v) is 4.11. The quantitative estimate of drug-likeness (QED) is 0.776. The van der Waals surface area contributed by atoms with E-state index >= 15 is 0 Å². The fraction of sp³-hybridized carbons (Fsp3) is 0.545. The van der Waals surface area contributed by atoms with E-state index < -0.39 is 0 Å². The molecule has 0 saturated carbocycles. The number of amides is 1. The fourth-order valence-corrected chi connectivity index (χ4v) is 1.94. The molecule has 1 atom stereocenters. The molecule has 0 spiro atoms. The van der Waals surface area contributed by atoms with Gasteiger partial charge in [0.1, 0.15) is 12.2 Å². The van der Waals surface area contributed by atoms with E-state index in [1.54, 1.807) is 4.90 Å². The molecule has 5 heteroatoms. The van der Waals surface area contributed by atoms with E-state index in [1.165, 1.54) is 6.33 Å².